The molecule has 0 amide bonds. The van der Waals surface area contributed by atoms with Crippen molar-refractivity contribution in [3.63, 3.8) is 0 Å². The lowest BCUT2D eigenvalue weighted by atomic mass is 10.2. The maximum Gasteiger partial charge on any atom is 0.353 e. The highest BCUT2D eigenvalue weighted by atomic mass is 16.6. The number of para-hydroxylation sites is 2. The van der Waals surface area contributed by atoms with E-state index in [0.717, 1.165) is 22.0 Å². The van der Waals surface area contributed by atoms with Gasteiger partial charge in [0.1, 0.15) is 28.5 Å². The van der Waals surface area contributed by atoms with E-state index < -0.39 is 12.3 Å². The number of hydrogen-bond donors (Lipinski definition) is 3. The van der Waals surface area contributed by atoms with Crippen LogP contribution in [0.4, 0.5) is 17.1 Å². The Labute approximate surface area is 175 Å². The molecule has 3 aromatic carbocycles. The van der Waals surface area contributed by atoms with Gasteiger partial charge in [-0.1, -0.05) is 43.0 Å². The molecule has 0 saturated carbocycles. The molecule has 30 heavy (non-hydrogen) atoms. The largest absolute Gasteiger partial charge is 0.465 e. The minimum absolute atomic E-state index is 0.0196. The molecule has 0 radical (unpaired) electrons. The van der Waals surface area contributed by atoms with Gasteiger partial charge in [0, 0.05) is 18.6 Å². The van der Waals surface area contributed by atoms with Crippen molar-refractivity contribution in [2.75, 3.05) is 6.61 Å². The van der Waals surface area contributed by atoms with Gasteiger partial charge in [-0.15, -0.1) is 0 Å². The van der Waals surface area contributed by atoms with E-state index in [0.29, 0.717) is 5.75 Å². The average Bonchev–Trinajstić information content (AvgIpc) is 2.76. The summed E-state index contributed by atoms with van der Waals surface area (Å²) in [6, 6.07) is 27.9. The molecular formula is C24H25N2O4+. The summed E-state index contributed by atoms with van der Waals surface area (Å²) in [5, 5.41) is 10.0. The van der Waals surface area contributed by atoms with Crippen molar-refractivity contribution in [2.45, 2.75) is 12.7 Å². The zero-order valence-electron chi connectivity index (χ0n) is 16.5. The first kappa shape index (κ1) is 21.1. The van der Waals surface area contributed by atoms with E-state index in [1.165, 1.54) is 0 Å². The second-order valence-corrected chi connectivity index (χ2v) is 6.65. The van der Waals surface area contributed by atoms with Crippen molar-refractivity contribution >= 4 is 23.0 Å². The average molecular weight is 405 g/mol. The molecule has 1 unspecified atom stereocenters. The molecular weight excluding hydrogens is 380 g/mol. The maximum absolute atomic E-state index is 11.2. The van der Waals surface area contributed by atoms with Gasteiger partial charge in [0.25, 0.3) is 0 Å². The molecule has 0 bridgehead atoms. The van der Waals surface area contributed by atoms with Crippen LogP contribution in [0.3, 0.4) is 0 Å². The minimum Gasteiger partial charge on any atom is -0.465 e. The monoisotopic (exact) mass is 405 g/mol. The summed E-state index contributed by atoms with van der Waals surface area (Å²) in [6.07, 6.45) is -0.993. The van der Waals surface area contributed by atoms with Crippen LogP contribution in [0.2, 0.25) is 0 Å². The Bertz CT molecular complexity index is 920. The predicted molar refractivity (Wildman–Crippen MR) is 115 cm³/mol. The van der Waals surface area contributed by atoms with Gasteiger partial charge in [-0.05, 0) is 36.4 Å². The summed E-state index contributed by atoms with van der Waals surface area (Å²) in [7, 11) is 0. The minimum atomic E-state index is -1.11. The van der Waals surface area contributed by atoms with Crippen LogP contribution >= 0.6 is 0 Å². The number of benzene rings is 3. The molecule has 0 aliphatic heterocycles. The molecule has 0 saturated heterocycles. The third kappa shape index (κ3) is 5.70. The number of carbonyl (C=O) groups is 1. The predicted octanol–water partition coefficient (Wildman–Crippen LogP) is 2.97. The quantitative estimate of drug-likeness (QED) is 0.290. The highest BCUT2D eigenvalue weighted by Gasteiger charge is 2.18. The fourth-order valence-electron chi connectivity index (χ4n) is 2.97. The number of ether oxygens (including phenoxy) is 2. The summed E-state index contributed by atoms with van der Waals surface area (Å²) in [5.41, 5.74) is 8.31. The van der Waals surface area contributed by atoms with Crippen molar-refractivity contribution in [3.8, 4) is 5.75 Å². The normalized spacial score (nSPS) is 11.7. The molecule has 0 fully saturated rings. The van der Waals surface area contributed by atoms with Gasteiger partial charge in [-0.25, -0.2) is 9.69 Å². The van der Waals surface area contributed by atoms with Gasteiger partial charge in [0.15, 0.2) is 0 Å². The molecule has 6 nitrogen and oxygen atoms in total. The van der Waals surface area contributed by atoms with E-state index in [4.69, 9.17) is 15.2 Å². The van der Waals surface area contributed by atoms with Gasteiger partial charge in [-0.2, -0.15) is 0 Å². The Hall–Kier alpha value is -3.61. The molecule has 1 atom stereocenters. The SMILES string of the molecule is C=C(N)C(=O)OCCC(O)Oc1ccc([NH+](c2ccccc2)c2ccccc2)cc1. The Morgan fingerprint density at radius 2 is 1.40 bits per heavy atom. The first-order chi connectivity index (χ1) is 14.5. The Morgan fingerprint density at radius 3 is 1.90 bits per heavy atom. The molecule has 0 spiro atoms. The van der Waals surface area contributed by atoms with E-state index in [9.17, 15) is 9.90 Å². The van der Waals surface area contributed by atoms with Gasteiger partial charge < -0.3 is 20.3 Å². The molecule has 3 rings (SSSR count). The smallest absolute Gasteiger partial charge is 0.353 e. The molecule has 3 aromatic rings. The number of carbonyl (C=O) groups excluding carboxylic acids is 1. The number of quaternary nitrogens is 1. The van der Waals surface area contributed by atoms with E-state index in [2.05, 4.69) is 30.8 Å². The van der Waals surface area contributed by atoms with Gasteiger partial charge >= 0.3 is 5.97 Å². The molecule has 6 heteroatoms. The first-order valence-corrected chi connectivity index (χ1v) is 9.59. The zero-order valence-corrected chi connectivity index (χ0v) is 16.5. The molecule has 0 aromatic heterocycles. The highest BCUT2D eigenvalue weighted by molar-refractivity contribution is 5.86. The summed E-state index contributed by atoms with van der Waals surface area (Å²) >= 11 is 0. The number of esters is 1. The number of aliphatic hydroxyl groups excluding tert-OH is 1. The summed E-state index contributed by atoms with van der Waals surface area (Å²) in [5.74, 6) is -0.183. The van der Waals surface area contributed by atoms with Crippen molar-refractivity contribution in [1.29, 1.82) is 0 Å². The Balaban J connectivity index is 1.68. The van der Waals surface area contributed by atoms with E-state index in [1.54, 1.807) is 12.1 Å². The second kappa shape index (κ2) is 10.2. The molecule has 0 aliphatic rings. The number of aliphatic hydroxyl groups is 1. The third-order valence-electron chi connectivity index (χ3n) is 4.40. The van der Waals surface area contributed by atoms with Gasteiger partial charge in [0.2, 0.25) is 6.29 Å². The van der Waals surface area contributed by atoms with Crippen molar-refractivity contribution < 1.29 is 24.3 Å². The summed E-state index contributed by atoms with van der Waals surface area (Å²) in [6.45, 7) is 3.27. The summed E-state index contributed by atoms with van der Waals surface area (Å²) < 4.78 is 10.4. The standard InChI is InChI=1S/C24H24N2O4/c1-18(25)24(28)29-17-16-23(27)30-22-14-12-21(13-15-22)26(19-8-4-2-5-9-19)20-10-6-3-7-11-20/h2-15,23,27H,1,16-17,25H2/p+1. The second-order valence-electron chi connectivity index (χ2n) is 6.65. The Kier molecular flexibility index (Phi) is 7.21. The summed E-state index contributed by atoms with van der Waals surface area (Å²) in [4.78, 5) is 12.4. The topological polar surface area (TPSA) is 86.2 Å². The van der Waals surface area contributed by atoms with Crippen LogP contribution in [-0.4, -0.2) is 24.0 Å². The Morgan fingerprint density at radius 1 is 0.900 bits per heavy atom. The fourth-order valence-corrected chi connectivity index (χ4v) is 2.97. The van der Waals surface area contributed by atoms with E-state index in [1.807, 2.05) is 48.5 Å². The van der Waals surface area contributed by atoms with Crippen LogP contribution < -0.4 is 15.4 Å². The van der Waals surface area contributed by atoms with E-state index >= 15 is 0 Å². The van der Waals surface area contributed by atoms with Crippen molar-refractivity contribution in [3.05, 3.63) is 97.2 Å². The molecule has 0 aliphatic carbocycles. The van der Waals surface area contributed by atoms with Crippen LogP contribution in [0.1, 0.15) is 6.42 Å². The van der Waals surface area contributed by atoms with Crippen LogP contribution in [0.15, 0.2) is 97.2 Å². The van der Waals surface area contributed by atoms with Crippen molar-refractivity contribution in [1.82, 2.24) is 0 Å². The number of rotatable bonds is 9. The number of hydrogen-bond acceptors (Lipinski definition) is 5. The zero-order chi connectivity index (χ0) is 21.3. The lowest BCUT2D eigenvalue weighted by Gasteiger charge is -2.19. The fraction of sp³-hybridized carbons (Fsp3) is 0.125. The highest BCUT2D eigenvalue weighted by Crippen LogP contribution is 2.19. The van der Waals surface area contributed by atoms with Gasteiger partial charge in [-0.3, -0.25) is 0 Å². The molecule has 0 heterocycles. The van der Waals surface area contributed by atoms with Crippen LogP contribution in [0.5, 0.6) is 5.75 Å². The third-order valence-corrected chi connectivity index (χ3v) is 4.40. The number of nitrogens with two attached hydrogens (primary N) is 1. The van der Waals surface area contributed by atoms with Gasteiger partial charge in [0.05, 0.1) is 6.61 Å². The molecule has 154 valence electrons. The van der Waals surface area contributed by atoms with Crippen LogP contribution in [0, 0.1) is 0 Å². The number of nitrogens with one attached hydrogen (secondary N) is 1. The lowest BCUT2D eigenvalue weighted by molar-refractivity contribution is -0.681. The van der Waals surface area contributed by atoms with Crippen LogP contribution in [0.25, 0.3) is 0 Å². The van der Waals surface area contributed by atoms with Crippen molar-refractivity contribution in [2.24, 2.45) is 5.73 Å². The van der Waals surface area contributed by atoms with Crippen LogP contribution in [-0.2, 0) is 9.53 Å². The lowest BCUT2D eigenvalue weighted by Crippen LogP contribution is -2.96. The first-order valence-electron chi connectivity index (χ1n) is 9.59. The molecule has 4 N–H and O–H groups in total. The maximum atomic E-state index is 11.2. The van der Waals surface area contributed by atoms with E-state index in [-0.39, 0.29) is 18.7 Å².